The molecular weight excluding hydrogens is 376 g/mol. The van der Waals surface area contributed by atoms with Crippen molar-refractivity contribution in [1.82, 2.24) is 0 Å². The summed E-state index contributed by atoms with van der Waals surface area (Å²) in [5, 5.41) is 14.5. The van der Waals surface area contributed by atoms with Crippen LogP contribution in [0.4, 0.5) is 11.4 Å². The van der Waals surface area contributed by atoms with Gasteiger partial charge >= 0.3 is 11.9 Å². The number of amides is 2. The van der Waals surface area contributed by atoms with E-state index in [2.05, 4.69) is 10.6 Å². The number of ether oxygens (including phenoxy) is 1. The van der Waals surface area contributed by atoms with Gasteiger partial charge in [0.15, 0.2) is 0 Å². The third kappa shape index (κ3) is 5.90. The molecule has 0 heterocycles. The summed E-state index contributed by atoms with van der Waals surface area (Å²) in [5.41, 5.74) is 0.837. The van der Waals surface area contributed by atoms with Crippen LogP contribution in [0.3, 0.4) is 0 Å². The summed E-state index contributed by atoms with van der Waals surface area (Å²) in [7, 11) is 0. The van der Waals surface area contributed by atoms with Crippen LogP contribution in [0.25, 0.3) is 0 Å². The first-order valence-corrected chi connectivity index (χ1v) is 9.11. The molecule has 0 atom stereocenters. The maximum Gasteiger partial charge on any atom is 0.338 e. The second-order valence-electron chi connectivity index (χ2n) is 6.13. The molecule has 0 aliphatic carbocycles. The minimum atomic E-state index is -1.22. The number of aromatic carboxylic acids is 1. The highest BCUT2D eigenvalue weighted by atomic mass is 16.5. The molecule has 0 aromatic heterocycles. The molecule has 29 heavy (non-hydrogen) atoms. The second-order valence-corrected chi connectivity index (χ2v) is 6.13. The highest BCUT2D eigenvalue weighted by Gasteiger charge is 2.16. The van der Waals surface area contributed by atoms with Gasteiger partial charge in [0.05, 0.1) is 23.4 Å². The van der Waals surface area contributed by atoms with Gasteiger partial charge in [-0.2, -0.15) is 0 Å². The van der Waals surface area contributed by atoms with Crippen LogP contribution in [0, 0.1) is 0 Å². The van der Waals surface area contributed by atoms with E-state index >= 15 is 0 Å². The van der Waals surface area contributed by atoms with Gasteiger partial charge in [0, 0.05) is 17.7 Å². The Balaban J connectivity index is 2.20. The molecule has 3 N–H and O–H groups in total. The lowest BCUT2D eigenvalue weighted by molar-refractivity contribution is -0.115. The van der Waals surface area contributed by atoms with Gasteiger partial charge in [-0.3, -0.25) is 9.59 Å². The first kappa shape index (κ1) is 21.6. The molecule has 2 rings (SSSR count). The van der Waals surface area contributed by atoms with E-state index in [1.807, 2.05) is 6.92 Å². The summed E-state index contributed by atoms with van der Waals surface area (Å²) in [6, 6.07) is 9.94. The fourth-order valence-corrected chi connectivity index (χ4v) is 2.39. The van der Waals surface area contributed by atoms with E-state index in [4.69, 9.17) is 4.74 Å². The maximum absolute atomic E-state index is 12.5. The molecule has 2 aromatic rings. The monoisotopic (exact) mass is 398 g/mol. The Bertz CT molecular complexity index is 921. The van der Waals surface area contributed by atoms with Gasteiger partial charge in [0.25, 0.3) is 5.91 Å². The van der Waals surface area contributed by atoms with Gasteiger partial charge in [0.1, 0.15) is 0 Å². The molecule has 152 valence electrons. The van der Waals surface area contributed by atoms with Crippen molar-refractivity contribution in [3.05, 3.63) is 59.2 Å². The van der Waals surface area contributed by atoms with Crippen LogP contribution in [0.15, 0.2) is 42.5 Å². The van der Waals surface area contributed by atoms with Gasteiger partial charge in [-0.1, -0.05) is 13.8 Å². The number of hydrogen-bond acceptors (Lipinski definition) is 5. The van der Waals surface area contributed by atoms with Gasteiger partial charge in [-0.05, 0) is 48.9 Å². The minimum absolute atomic E-state index is 0.0443. The summed E-state index contributed by atoms with van der Waals surface area (Å²) in [4.78, 5) is 47.3. The molecule has 0 fully saturated rings. The molecule has 0 saturated heterocycles. The van der Waals surface area contributed by atoms with E-state index in [1.165, 1.54) is 42.5 Å². The van der Waals surface area contributed by atoms with E-state index < -0.39 is 17.8 Å². The van der Waals surface area contributed by atoms with E-state index in [1.54, 1.807) is 6.92 Å². The lowest BCUT2D eigenvalue weighted by Gasteiger charge is -2.12. The van der Waals surface area contributed by atoms with Gasteiger partial charge < -0.3 is 20.5 Å². The molecule has 8 nitrogen and oxygen atoms in total. The number of esters is 1. The largest absolute Gasteiger partial charge is 0.478 e. The normalized spacial score (nSPS) is 10.1. The summed E-state index contributed by atoms with van der Waals surface area (Å²) < 4.78 is 5.03. The molecule has 2 amide bonds. The van der Waals surface area contributed by atoms with Crippen LogP contribution < -0.4 is 10.6 Å². The molecule has 0 spiro atoms. The fraction of sp³-hybridized carbons (Fsp3) is 0.238. The lowest BCUT2D eigenvalue weighted by Crippen LogP contribution is -2.16. The fourth-order valence-electron chi connectivity index (χ4n) is 2.39. The van der Waals surface area contributed by atoms with Crippen LogP contribution in [0.5, 0.6) is 0 Å². The number of carbonyl (C=O) groups is 4. The van der Waals surface area contributed by atoms with Crippen molar-refractivity contribution in [2.75, 3.05) is 17.2 Å². The summed E-state index contributed by atoms with van der Waals surface area (Å²) in [5.74, 6) is -2.50. The molecule has 0 aliphatic rings. The number of anilines is 2. The zero-order valence-corrected chi connectivity index (χ0v) is 16.2. The van der Waals surface area contributed by atoms with Crippen LogP contribution in [-0.2, 0) is 9.53 Å². The zero-order valence-electron chi connectivity index (χ0n) is 16.2. The third-order valence-electron chi connectivity index (χ3n) is 3.92. The van der Waals surface area contributed by atoms with Gasteiger partial charge in [-0.25, -0.2) is 9.59 Å². The topological polar surface area (TPSA) is 122 Å². The maximum atomic E-state index is 12.5. The van der Waals surface area contributed by atoms with Crippen molar-refractivity contribution in [2.45, 2.75) is 26.7 Å². The predicted octanol–water partition coefficient (Wildman–Crippen LogP) is 3.55. The third-order valence-corrected chi connectivity index (χ3v) is 3.92. The number of carboxylic acids is 1. The molecule has 0 unspecified atom stereocenters. The minimum Gasteiger partial charge on any atom is -0.478 e. The van der Waals surface area contributed by atoms with E-state index in [0.29, 0.717) is 24.3 Å². The smallest absolute Gasteiger partial charge is 0.338 e. The van der Waals surface area contributed by atoms with Crippen LogP contribution >= 0.6 is 0 Å². The standard InChI is InChI=1S/C21H22N2O6/c1-3-11-29-21(28)14-7-5-13(6-8-14)19(25)23-17-12-15(22-18(24)4-2)9-10-16(17)20(26)27/h5-10,12H,3-4,11H2,1-2H3,(H,22,24)(H,23,25)(H,26,27). The van der Waals surface area contributed by atoms with Crippen molar-refractivity contribution in [3.63, 3.8) is 0 Å². The lowest BCUT2D eigenvalue weighted by atomic mass is 10.1. The van der Waals surface area contributed by atoms with Crippen LogP contribution in [-0.4, -0.2) is 35.5 Å². The zero-order chi connectivity index (χ0) is 21.4. The molecule has 0 bridgehead atoms. The Labute approximate surface area is 167 Å². The first-order valence-electron chi connectivity index (χ1n) is 9.11. The van der Waals surface area contributed by atoms with Crippen molar-refractivity contribution in [3.8, 4) is 0 Å². The number of benzene rings is 2. The number of carboxylic acid groups (broad SMARTS) is 1. The van der Waals surface area contributed by atoms with Gasteiger partial charge in [0.2, 0.25) is 5.91 Å². The molecule has 0 saturated carbocycles. The molecular formula is C21H22N2O6. The Morgan fingerprint density at radius 3 is 2.17 bits per heavy atom. The SMILES string of the molecule is CCCOC(=O)c1ccc(C(=O)Nc2cc(NC(=O)CC)ccc2C(=O)O)cc1. The summed E-state index contributed by atoms with van der Waals surface area (Å²) in [6.45, 7) is 3.88. The number of carbonyl (C=O) groups excluding carboxylic acids is 3. The first-order chi connectivity index (χ1) is 13.8. The van der Waals surface area contributed by atoms with Crippen molar-refractivity contribution in [1.29, 1.82) is 0 Å². The second kappa shape index (κ2) is 10.0. The van der Waals surface area contributed by atoms with Crippen LogP contribution in [0.1, 0.15) is 57.8 Å². The Morgan fingerprint density at radius 1 is 0.931 bits per heavy atom. The number of hydrogen-bond donors (Lipinski definition) is 3. The Morgan fingerprint density at radius 2 is 1.59 bits per heavy atom. The van der Waals surface area contributed by atoms with Gasteiger partial charge in [-0.15, -0.1) is 0 Å². The van der Waals surface area contributed by atoms with Crippen molar-refractivity contribution < 1.29 is 29.0 Å². The van der Waals surface area contributed by atoms with E-state index in [-0.39, 0.29) is 29.1 Å². The number of nitrogens with one attached hydrogen (secondary N) is 2. The highest BCUT2D eigenvalue weighted by molar-refractivity contribution is 6.08. The molecule has 0 radical (unpaired) electrons. The quantitative estimate of drug-likeness (QED) is 0.585. The summed E-state index contributed by atoms with van der Waals surface area (Å²) in [6.07, 6.45) is 0.964. The Kier molecular flexibility index (Phi) is 7.47. The Hall–Kier alpha value is -3.68. The van der Waals surface area contributed by atoms with Crippen LogP contribution in [0.2, 0.25) is 0 Å². The van der Waals surface area contributed by atoms with Crippen molar-refractivity contribution in [2.24, 2.45) is 0 Å². The average Bonchev–Trinajstić information content (AvgIpc) is 2.71. The van der Waals surface area contributed by atoms with E-state index in [0.717, 1.165) is 0 Å². The van der Waals surface area contributed by atoms with Crippen molar-refractivity contribution >= 4 is 35.1 Å². The average molecular weight is 398 g/mol. The molecule has 8 heteroatoms. The molecule has 0 aliphatic heterocycles. The predicted molar refractivity (Wildman–Crippen MR) is 107 cm³/mol. The highest BCUT2D eigenvalue weighted by Crippen LogP contribution is 2.22. The molecule has 2 aromatic carbocycles. The van der Waals surface area contributed by atoms with E-state index in [9.17, 15) is 24.3 Å². The summed E-state index contributed by atoms with van der Waals surface area (Å²) >= 11 is 0. The number of rotatable bonds is 8.